The van der Waals surface area contributed by atoms with E-state index in [-0.39, 0.29) is 5.91 Å². The fourth-order valence-corrected chi connectivity index (χ4v) is 1.76. The van der Waals surface area contributed by atoms with Gasteiger partial charge in [0, 0.05) is 44.7 Å². The van der Waals surface area contributed by atoms with Gasteiger partial charge >= 0.3 is 0 Å². The van der Waals surface area contributed by atoms with Gasteiger partial charge in [-0.1, -0.05) is 0 Å². The molecule has 1 aliphatic heterocycles. The number of hydrogen-bond donors (Lipinski definition) is 0. The van der Waals surface area contributed by atoms with E-state index in [1.165, 1.54) is 11.3 Å². The van der Waals surface area contributed by atoms with E-state index in [4.69, 9.17) is 0 Å². The maximum absolute atomic E-state index is 11.1. The minimum Gasteiger partial charge on any atom is -0.338 e. The van der Waals surface area contributed by atoms with Gasteiger partial charge in [-0.15, -0.1) is 0 Å². The average Bonchev–Trinajstić information content (AvgIpc) is 2.47. The highest BCUT2D eigenvalue weighted by Gasteiger charge is 2.20. The van der Waals surface area contributed by atoms with E-state index < -0.39 is 0 Å². The van der Waals surface area contributed by atoms with E-state index in [9.17, 15) is 4.79 Å². The molecule has 0 aliphatic carbocycles. The number of aryl methyl sites for hydroxylation is 1. The van der Waals surface area contributed by atoms with Gasteiger partial charge in [0.25, 0.3) is 0 Å². The zero-order valence-electron chi connectivity index (χ0n) is 7.95. The molecule has 1 amide bonds. The van der Waals surface area contributed by atoms with Crippen LogP contribution in [0.25, 0.3) is 0 Å². The second kappa shape index (κ2) is 2.87. The molecule has 1 aromatic rings. The summed E-state index contributed by atoms with van der Waals surface area (Å²) in [4.78, 5) is 13.0. The smallest absolute Gasteiger partial charge is 0.219 e. The van der Waals surface area contributed by atoms with Crippen LogP contribution in [0.1, 0.15) is 18.2 Å². The molecule has 1 aliphatic rings. The van der Waals surface area contributed by atoms with Crippen LogP contribution in [0.15, 0.2) is 6.20 Å². The fraction of sp³-hybridized carbons (Fsp3) is 0.556. The van der Waals surface area contributed by atoms with E-state index in [1.807, 2.05) is 22.8 Å². The van der Waals surface area contributed by atoms with E-state index in [2.05, 4.69) is 5.10 Å². The highest BCUT2D eigenvalue weighted by atomic mass is 16.2. The first-order chi connectivity index (χ1) is 6.18. The Balaban J connectivity index is 2.25. The number of nitrogens with zero attached hydrogens (tertiary/aromatic N) is 3. The largest absolute Gasteiger partial charge is 0.338 e. The topological polar surface area (TPSA) is 38.1 Å². The molecule has 4 nitrogen and oxygen atoms in total. The zero-order valence-corrected chi connectivity index (χ0v) is 7.95. The van der Waals surface area contributed by atoms with E-state index in [0.717, 1.165) is 19.5 Å². The minimum atomic E-state index is 0.148. The number of carbonyl (C=O) groups excluding carboxylic acids is 1. The van der Waals surface area contributed by atoms with Crippen LogP contribution in [0.3, 0.4) is 0 Å². The van der Waals surface area contributed by atoms with Crippen LogP contribution in [0.2, 0.25) is 0 Å². The van der Waals surface area contributed by atoms with Crippen molar-refractivity contribution in [2.45, 2.75) is 19.9 Å². The molecule has 13 heavy (non-hydrogen) atoms. The lowest BCUT2D eigenvalue weighted by atomic mass is 10.1. The van der Waals surface area contributed by atoms with Crippen molar-refractivity contribution in [3.63, 3.8) is 0 Å². The van der Waals surface area contributed by atoms with Crippen LogP contribution in [-0.4, -0.2) is 27.1 Å². The van der Waals surface area contributed by atoms with Gasteiger partial charge in [-0.2, -0.15) is 5.10 Å². The molecule has 4 heteroatoms. The summed E-state index contributed by atoms with van der Waals surface area (Å²) in [5, 5.41) is 4.17. The molecule has 1 aromatic heterocycles. The summed E-state index contributed by atoms with van der Waals surface area (Å²) in [6, 6.07) is 0. The normalized spacial score (nSPS) is 15.7. The second-order valence-electron chi connectivity index (χ2n) is 3.43. The number of aromatic nitrogens is 2. The SMILES string of the molecule is CC(=O)N1CCc2c(cnn2C)C1. The standard InChI is InChI=1S/C9H13N3O/c1-7(13)12-4-3-9-8(6-12)5-10-11(9)2/h5H,3-4,6H2,1-2H3. The Bertz CT molecular complexity index is 343. The van der Waals surface area contributed by atoms with Gasteiger partial charge in [0.15, 0.2) is 0 Å². The van der Waals surface area contributed by atoms with Crippen molar-refractivity contribution in [2.75, 3.05) is 6.54 Å². The van der Waals surface area contributed by atoms with Crippen LogP contribution in [-0.2, 0) is 24.8 Å². The number of rotatable bonds is 0. The lowest BCUT2D eigenvalue weighted by molar-refractivity contribution is -0.129. The van der Waals surface area contributed by atoms with Crippen molar-refractivity contribution in [3.05, 3.63) is 17.5 Å². The molecular formula is C9H13N3O. The Morgan fingerprint density at radius 1 is 1.62 bits per heavy atom. The predicted octanol–water partition coefficient (Wildman–Crippen LogP) is 0.325. The van der Waals surface area contributed by atoms with Crippen LogP contribution >= 0.6 is 0 Å². The van der Waals surface area contributed by atoms with Crippen molar-refractivity contribution < 1.29 is 4.79 Å². The van der Waals surface area contributed by atoms with Gasteiger partial charge in [0.05, 0.1) is 6.20 Å². The third-order valence-corrected chi connectivity index (χ3v) is 2.57. The molecule has 2 rings (SSSR count). The molecule has 0 N–H and O–H groups in total. The predicted molar refractivity (Wildman–Crippen MR) is 48.0 cm³/mol. The van der Waals surface area contributed by atoms with Crippen LogP contribution < -0.4 is 0 Å². The summed E-state index contributed by atoms with van der Waals surface area (Å²) in [7, 11) is 1.95. The number of amides is 1. The number of fused-ring (bicyclic) bond motifs is 1. The van der Waals surface area contributed by atoms with Gasteiger partial charge in [0.2, 0.25) is 5.91 Å². The van der Waals surface area contributed by atoms with Crippen LogP contribution in [0.4, 0.5) is 0 Å². The third kappa shape index (κ3) is 1.32. The highest BCUT2D eigenvalue weighted by molar-refractivity contribution is 5.73. The van der Waals surface area contributed by atoms with Crippen molar-refractivity contribution in [1.82, 2.24) is 14.7 Å². The van der Waals surface area contributed by atoms with E-state index in [1.54, 1.807) is 6.92 Å². The highest BCUT2D eigenvalue weighted by Crippen LogP contribution is 2.17. The van der Waals surface area contributed by atoms with Crippen LogP contribution in [0.5, 0.6) is 0 Å². The van der Waals surface area contributed by atoms with Crippen LogP contribution in [0, 0.1) is 0 Å². The molecule has 0 fully saturated rings. The molecule has 0 bridgehead atoms. The average molecular weight is 179 g/mol. The molecule has 0 aromatic carbocycles. The molecule has 70 valence electrons. The molecule has 0 radical (unpaired) electrons. The van der Waals surface area contributed by atoms with Gasteiger partial charge in [0.1, 0.15) is 0 Å². The maximum atomic E-state index is 11.1. The minimum absolute atomic E-state index is 0.148. The zero-order chi connectivity index (χ0) is 9.42. The second-order valence-corrected chi connectivity index (χ2v) is 3.43. The number of carbonyl (C=O) groups is 1. The summed E-state index contributed by atoms with van der Waals surface area (Å²) in [6.07, 6.45) is 2.77. The van der Waals surface area contributed by atoms with Crippen molar-refractivity contribution >= 4 is 5.91 Å². The first-order valence-corrected chi connectivity index (χ1v) is 4.43. The summed E-state index contributed by atoms with van der Waals surface area (Å²) in [5.41, 5.74) is 2.45. The first kappa shape index (κ1) is 8.29. The molecule has 0 saturated carbocycles. The Kier molecular flexibility index (Phi) is 1.83. The molecule has 0 spiro atoms. The first-order valence-electron chi connectivity index (χ1n) is 4.43. The van der Waals surface area contributed by atoms with E-state index >= 15 is 0 Å². The monoisotopic (exact) mass is 179 g/mol. The third-order valence-electron chi connectivity index (χ3n) is 2.57. The number of hydrogen-bond acceptors (Lipinski definition) is 2. The molecule has 0 atom stereocenters. The lowest BCUT2D eigenvalue weighted by Gasteiger charge is -2.25. The van der Waals surface area contributed by atoms with Crippen molar-refractivity contribution in [1.29, 1.82) is 0 Å². The summed E-state index contributed by atoms with van der Waals surface area (Å²) < 4.78 is 1.90. The van der Waals surface area contributed by atoms with Gasteiger partial charge in [-0.05, 0) is 0 Å². The maximum Gasteiger partial charge on any atom is 0.219 e. The molecular weight excluding hydrogens is 166 g/mol. The molecule has 0 unspecified atom stereocenters. The van der Waals surface area contributed by atoms with Gasteiger partial charge in [-0.25, -0.2) is 0 Å². The summed E-state index contributed by atoms with van der Waals surface area (Å²) in [6.45, 7) is 3.15. The Labute approximate surface area is 77.1 Å². The summed E-state index contributed by atoms with van der Waals surface area (Å²) >= 11 is 0. The lowest BCUT2D eigenvalue weighted by Crippen LogP contribution is -2.34. The van der Waals surface area contributed by atoms with Crippen molar-refractivity contribution in [2.24, 2.45) is 7.05 Å². The van der Waals surface area contributed by atoms with Gasteiger partial charge in [-0.3, -0.25) is 9.48 Å². The fourth-order valence-electron chi connectivity index (χ4n) is 1.76. The summed E-state index contributed by atoms with van der Waals surface area (Å²) in [5.74, 6) is 0.148. The quantitative estimate of drug-likeness (QED) is 0.575. The molecule has 2 heterocycles. The van der Waals surface area contributed by atoms with E-state index in [0.29, 0.717) is 0 Å². The Morgan fingerprint density at radius 2 is 2.38 bits per heavy atom. The Hall–Kier alpha value is -1.32. The Morgan fingerprint density at radius 3 is 3.08 bits per heavy atom. The van der Waals surface area contributed by atoms with Crippen molar-refractivity contribution in [3.8, 4) is 0 Å². The van der Waals surface area contributed by atoms with Gasteiger partial charge < -0.3 is 4.90 Å². The molecule has 0 saturated heterocycles.